The molecule has 0 amide bonds. The summed E-state index contributed by atoms with van der Waals surface area (Å²) in [7, 11) is 0. The van der Waals surface area contributed by atoms with E-state index in [4.69, 9.17) is 4.52 Å². The highest BCUT2D eigenvalue weighted by molar-refractivity contribution is 5.55. The van der Waals surface area contributed by atoms with Crippen molar-refractivity contribution < 1.29 is 8.91 Å². The lowest BCUT2D eigenvalue weighted by atomic mass is 10.0. The Hall–Kier alpha value is -1.75. The van der Waals surface area contributed by atoms with E-state index in [-0.39, 0.29) is 17.8 Å². The number of hydrogen-bond donors (Lipinski definition) is 1. The van der Waals surface area contributed by atoms with Crippen molar-refractivity contribution in [3.8, 4) is 11.4 Å². The van der Waals surface area contributed by atoms with E-state index >= 15 is 0 Å². The van der Waals surface area contributed by atoms with E-state index in [9.17, 15) is 4.39 Å². The smallest absolute Gasteiger partial charge is 0.231 e. The molecule has 5 heteroatoms. The van der Waals surface area contributed by atoms with E-state index in [0.29, 0.717) is 17.3 Å². The van der Waals surface area contributed by atoms with Crippen LogP contribution < -0.4 is 5.32 Å². The molecule has 0 saturated heterocycles. The molecule has 1 heterocycles. The van der Waals surface area contributed by atoms with Gasteiger partial charge in [0.1, 0.15) is 5.82 Å². The van der Waals surface area contributed by atoms with Crippen LogP contribution in [0.3, 0.4) is 0 Å². The number of nitrogens with zero attached hydrogens (tertiary/aromatic N) is 2. The standard InChI is InChI=1S/C15H20FN3O/c1-5-17-11(4)10(3)15-18-14(19-20-15)12-6-7-13(16)9(2)8-12/h6-8,10-11,17H,5H2,1-4H3. The first-order chi connectivity index (χ1) is 9.52. The summed E-state index contributed by atoms with van der Waals surface area (Å²) >= 11 is 0. The van der Waals surface area contributed by atoms with Gasteiger partial charge in [-0.1, -0.05) is 19.0 Å². The minimum atomic E-state index is -0.230. The van der Waals surface area contributed by atoms with Gasteiger partial charge >= 0.3 is 0 Å². The number of aryl methyl sites for hydroxylation is 1. The highest BCUT2D eigenvalue weighted by Gasteiger charge is 2.20. The topological polar surface area (TPSA) is 51.0 Å². The van der Waals surface area contributed by atoms with Gasteiger partial charge in [-0.05, 0) is 44.2 Å². The summed E-state index contributed by atoms with van der Waals surface area (Å²) in [5.74, 6) is 0.985. The van der Waals surface area contributed by atoms with E-state index in [1.54, 1.807) is 19.1 Å². The summed E-state index contributed by atoms with van der Waals surface area (Å²) in [6, 6.07) is 5.06. The van der Waals surface area contributed by atoms with Gasteiger partial charge in [-0.15, -0.1) is 0 Å². The Morgan fingerprint density at radius 3 is 2.75 bits per heavy atom. The molecule has 0 saturated carbocycles. The molecule has 1 aromatic carbocycles. The summed E-state index contributed by atoms with van der Waals surface area (Å²) in [5.41, 5.74) is 1.34. The lowest BCUT2D eigenvalue weighted by molar-refractivity contribution is 0.332. The summed E-state index contributed by atoms with van der Waals surface area (Å²) in [5, 5.41) is 7.32. The molecule has 4 nitrogen and oxygen atoms in total. The third kappa shape index (κ3) is 3.04. The lowest BCUT2D eigenvalue weighted by Crippen LogP contribution is -2.30. The molecular weight excluding hydrogens is 257 g/mol. The zero-order chi connectivity index (χ0) is 14.7. The second kappa shape index (κ2) is 6.13. The van der Waals surface area contributed by atoms with Crippen LogP contribution in [-0.2, 0) is 0 Å². The summed E-state index contributed by atoms with van der Waals surface area (Å²) in [6.07, 6.45) is 0. The van der Waals surface area contributed by atoms with Crippen LogP contribution in [0.2, 0.25) is 0 Å². The van der Waals surface area contributed by atoms with Gasteiger partial charge in [0.05, 0.1) is 5.92 Å². The highest BCUT2D eigenvalue weighted by atomic mass is 19.1. The first-order valence-electron chi connectivity index (χ1n) is 6.86. The predicted molar refractivity (Wildman–Crippen MR) is 76.0 cm³/mol. The number of likely N-dealkylation sites (N-methyl/N-ethyl adjacent to an activating group) is 1. The minimum absolute atomic E-state index is 0.123. The molecule has 108 valence electrons. The fourth-order valence-corrected chi connectivity index (χ4v) is 2.03. The van der Waals surface area contributed by atoms with E-state index in [1.165, 1.54) is 6.07 Å². The largest absolute Gasteiger partial charge is 0.339 e. The Labute approximate surface area is 118 Å². The summed E-state index contributed by atoms with van der Waals surface area (Å²) in [6.45, 7) is 8.80. The summed E-state index contributed by atoms with van der Waals surface area (Å²) in [4.78, 5) is 4.41. The minimum Gasteiger partial charge on any atom is -0.339 e. The zero-order valence-electron chi connectivity index (χ0n) is 12.3. The van der Waals surface area contributed by atoms with Crippen molar-refractivity contribution in [3.63, 3.8) is 0 Å². The maximum Gasteiger partial charge on any atom is 0.231 e. The lowest BCUT2D eigenvalue weighted by Gasteiger charge is -2.16. The van der Waals surface area contributed by atoms with Gasteiger partial charge in [0.25, 0.3) is 0 Å². The number of nitrogens with one attached hydrogen (secondary N) is 1. The molecule has 2 unspecified atom stereocenters. The van der Waals surface area contributed by atoms with Gasteiger partial charge in [-0.2, -0.15) is 4.98 Å². The molecule has 0 aliphatic carbocycles. The van der Waals surface area contributed by atoms with Crippen molar-refractivity contribution in [1.29, 1.82) is 0 Å². The van der Waals surface area contributed by atoms with Crippen molar-refractivity contribution in [1.82, 2.24) is 15.5 Å². The van der Waals surface area contributed by atoms with E-state index in [2.05, 4.69) is 29.3 Å². The Balaban J connectivity index is 2.22. The van der Waals surface area contributed by atoms with Crippen LogP contribution >= 0.6 is 0 Å². The van der Waals surface area contributed by atoms with Crippen LogP contribution in [0.1, 0.15) is 38.1 Å². The van der Waals surface area contributed by atoms with Crippen LogP contribution in [-0.4, -0.2) is 22.7 Å². The molecule has 0 aliphatic heterocycles. The number of halogens is 1. The van der Waals surface area contributed by atoms with Crippen LogP contribution in [0.15, 0.2) is 22.7 Å². The zero-order valence-corrected chi connectivity index (χ0v) is 12.3. The SMILES string of the molecule is CCNC(C)C(C)c1nc(-c2ccc(F)c(C)c2)no1. The van der Waals surface area contributed by atoms with Crippen molar-refractivity contribution in [2.75, 3.05) is 6.54 Å². The summed E-state index contributed by atoms with van der Waals surface area (Å²) < 4.78 is 18.6. The monoisotopic (exact) mass is 277 g/mol. The molecule has 0 aliphatic rings. The number of hydrogen-bond acceptors (Lipinski definition) is 4. The molecular formula is C15H20FN3O. The van der Waals surface area contributed by atoms with Gasteiger partial charge in [0.15, 0.2) is 0 Å². The third-order valence-corrected chi connectivity index (χ3v) is 3.52. The van der Waals surface area contributed by atoms with Crippen LogP contribution in [0.25, 0.3) is 11.4 Å². The van der Waals surface area contributed by atoms with Gasteiger partial charge in [-0.25, -0.2) is 4.39 Å². The molecule has 20 heavy (non-hydrogen) atoms. The van der Waals surface area contributed by atoms with Crippen molar-refractivity contribution >= 4 is 0 Å². The molecule has 0 spiro atoms. The van der Waals surface area contributed by atoms with Crippen molar-refractivity contribution in [2.24, 2.45) is 0 Å². The first kappa shape index (κ1) is 14.7. The Morgan fingerprint density at radius 1 is 1.35 bits per heavy atom. The third-order valence-electron chi connectivity index (χ3n) is 3.52. The molecule has 2 rings (SSSR count). The Morgan fingerprint density at radius 2 is 2.10 bits per heavy atom. The maximum atomic E-state index is 13.3. The van der Waals surface area contributed by atoms with Crippen molar-refractivity contribution in [2.45, 2.75) is 39.7 Å². The molecule has 0 fully saturated rings. The second-order valence-electron chi connectivity index (χ2n) is 5.06. The average molecular weight is 277 g/mol. The predicted octanol–water partition coefficient (Wildman–Crippen LogP) is 3.29. The molecule has 2 aromatic rings. The molecule has 1 N–H and O–H groups in total. The van der Waals surface area contributed by atoms with Gasteiger partial charge < -0.3 is 9.84 Å². The normalized spacial score (nSPS) is 14.2. The Bertz CT molecular complexity index is 582. The number of aromatic nitrogens is 2. The quantitative estimate of drug-likeness (QED) is 0.911. The van der Waals surface area contributed by atoms with Crippen LogP contribution in [0.5, 0.6) is 0 Å². The van der Waals surface area contributed by atoms with E-state index in [1.807, 2.05) is 6.92 Å². The fourth-order valence-electron chi connectivity index (χ4n) is 2.03. The average Bonchev–Trinajstić information content (AvgIpc) is 2.91. The maximum absolute atomic E-state index is 13.3. The first-order valence-corrected chi connectivity index (χ1v) is 6.86. The Kier molecular flexibility index (Phi) is 4.49. The highest BCUT2D eigenvalue weighted by Crippen LogP contribution is 2.23. The molecule has 1 aromatic heterocycles. The van der Waals surface area contributed by atoms with E-state index in [0.717, 1.165) is 12.1 Å². The van der Waals surface area contributed by atoms with Crippen molar-refractivity contribution in [3.05, 3.63) is 35.5 Å². The molecule has 0 radical (unpaired) electrons. The van der Waals surface area contributed by atoms with Gasteiger partial charge in [0, 0.05) is 11.6 Å². The van der Waals surface area contributed by atoms with Crippen LogP contribution in [0, 0.1) is 12.7 Å². The fraction of sp³-hybridized carbons (Fsp3) is 0.467. The van der Waals surface area contributed by atoms with Gasteiger partial charge in [0.2, 0.25) is 11.7 Å². The van der Waals surface area contributed by atoms with E-state index < -0.39 is 0 Å². The van der Waals surface area contributed by atoms with Crippen LogP contribution in [0.4, 0.5) is 4.39 Å². The van der Waals surface area contributed by atoms with Gasteiger partial charge in [-0.3, -0.25) is 0 Å². The second-order valence-corrected chi connectivity index (χ2v) is 5.06. The molecule has 0 bridgehead atoms. The number of rotatable bonds is 5. The number of benzene rings is 1. The molecule has 2 atom stereocenters.